The highest BCUT2D eigenvalue weighted by molar-refractivity contribution is 6.04. The zero-order valence-electron chi connectivity index (χ0n) is 13.3. The number of hydrogen-bond donors (Lipinski definition) is 2. The lowest BCUT2D eigenvalue weighted by Crippen LogP contribution is -2.28. The molecule has 1 amide bonds. The van der Waals surface area contributed by atoms with Crippen LogP contribution in [-0.2, 0) is 6.18 Å². The van der Waals surface area contributed by atoms with E-state index in [9.17, 15) is 18.0 Å². The average Bonchev–Trinajstić information content (AvgIpc) is 2.97. The third-order valence-electron chi connectivity index (χ3n) is 3.65. The molecule has 2 aromatic heterocycles. The minimum Gasteiger partial charge on any atom is -0.341 e. The fraction of sp³-hybridized carbons (Fsp3) is 0.250. The molecule has 2 heterocycles. The van der Waals surface area contributed by atoms with Crippen molar-refractivity contribution in [2.24, 2.45) is 0 Å². The summed E-state index contributed by atoms with van der Waals surface area (Å²) < 4.78 is 38.6. The largest absolute Gasteiger partial charge is 0.416 e. The number of amides is 1. The molecule has 1 atom stereocenters. The molecule has 6 nitrogen and oxygen atoms in total. The number of aryl methyl sites for hydroxylation is 1. The Morgan fingerprint density at radius 1 is 1.28 bits per heavy atom. The van der Waals surface area contributed by atoms with E-state index in [4.69, 9.17) is 0 Å². The van der Waals surface area contributed by atoms with E-state index in [0.717, 1.165) is 17.8 Å². The van der Waals surface area contributed by atoms with Gasteiger partial charge in [0.2, 0.25) is 0 Å². The highest BCUT2D eigenvalue weighted by Crippen LogP contribution is 2.31. The van der Waals surface area contributed by atoms with E-state index in [2.05, 4.69) is 25.5 Å². The molecular formula is C16H14F3N5O. The van der Waals surface area contributed by atoms with E-state index >= 15 is 0 Å². The van der Waals surface area contributed by atoms with Crippen LogP contribution in [0.25, 0.3) is 10.9 Å². The molecule has 0 fully saturated rings. The Labute approximate surface area is 140 Å². The predicted molar refractivity (Wildman–Crippen MR) is 83.7 cm³/mol. The van der Waals surface area contributed by atoms with Crippen molar-refractivity contribution in [3.8, 4) is 0 Å². The quantitative estimate of drug-likeness (QED) is 0.761. The summed E-state index contributed by atoms with van der Waals surface area (Å²) in [5.41, 5.74) is 0.134. The van der Waals surface area contributed by atoms with Gasteiger partial charge in [0.05, 0.1) is 17.1 Å². The Morgan fingerprint density at radius 2 is 2.04 bits per heavy atom. The van der Waals surface area contributed by atoms with Crippen LogP contribution >= 0.6 is 0 Å². The van der Waals surface area contributed by atoms with Crippen molar-refractivity contribution >= 4 is 16.8 Å². The van der Waals surface area contributed by atoms with E-state index in [1.807, 2.05) is 0 Å². The number of halogens is 3. The van der Waals surface area contributed by atoms with Gasteiger partial charge >= 0.3 is 6.18 Å². The molecule has 0 spiro atoms. The summed E-state index contributed by atoms with van der Waals surface area (Å²) >= 11 is 0. The second-order valence-electron chi connectivity index (χ2n) is 5.58. The molecule has 0 radical (unpaired) electrons. The molecule has 2 N–H and O–H groups in total. The molecule has 0 saturated carbocycles. The molecule has 1 aromatic carbocycles. The summed E-state index contributed by atoms with van der Waals surface area (Å²) in [4.78, 5) is 20.7. The summed E-state index contributed by atoms with van der Waals surface area (Å²) in [5.74, 6) is -0.202. The van der Waals surface area contributed by atoms with E-state index in [-0.39, 0.29) is 11.1 Å². The maximum absolute atomic E-state index is 12.9. The Kier molecular flexibility index (Phi) is 4.15. The SMILES string of the molecule is Cc1ccnc(C(C)NC(=O)c2n[nH]c3ccc(C(F)(F)F)cc23)n1. The monoisotopic (exact) mass is 349 g/mol. The van der Waals surface area contributed by atoms with Gasteiger partial charge in [0, 0.05) is 17.3 Å². The smallest absolute Gasteiger partial charge is 0.341 e. The molecule has 0 saturated heterocycles. The fourth-order valence-electron chi connectivity index (χ4n) is 2.37. The first-order chi connectivity index (χ1) is 11.8. The summed E-state index contributed by atoms with van der Waals surface area (Å²) in [6.07, 6.45) is -2.93. The minimum atomic E-state index is -4.50. The van der Waals surface area contributed by atoms with Gasteiger partial charge in [-0.1, -0.05) is 0 Å². The van der Waals surface area contributed by atoms with E-state index < -0.39 is 23.7 Å². The number of H-pyrrole nitrogens is 1. The van der Waals surface area contributed by atoms with Crippen LogP contribution in [0.3, 0.4) is 0 Å². The summed E-state index contributed by atoms with van der Waals surface area (Å²) in [5, 5.41) is 9.15. The van der Waals surface area contributed by atoms with Crippen LogP contribution in [-0.4, -0.2) is 26.1 Å². The van der Waals surface area contributed by atoms with Crippen LogP contribution in [0, 0.1) is 6.92 Å². The second-order valence-corrected chi connectivity index (χ2v) is 5.58. The first kappa shape index (κ1) is 16.9. The molecule has 25 heavy (non-hydrogen) atoms. The molecule has 0 bridgehead atoms. The highest BCUT2D eigenvalue weighted by Gasteiger charge is 2.31. The minimum absolute atomic E-state index is 0.102. The van der Waals surface area contributed by atoms with Crippen LogP contribution in [0.4, 0.5) is 13.2 Å². The number of benzene rings is 1. The third kappa shape index (κ3) is 3.44. The summed E-state index contributed by atoms with van der Waals surface area (Å²) in [7, 11) is 0. The standard InChI is InChI=1S/C16H14F3N5O/c1-8-5-6-20-14(21-8)9(2)22-15(25)13-11-7-10(16(17,18)19)3-4-12(11)23-24-13/h3-7,9H,1-2H3,(H,22,25)(H,23,24). The van der Waals surface area contributed by atoms with Gasteiger partial charge in [-0.25, -0.2) is 9.97 Å². The van der Waals surface area contributed by atoms with Gasteiger partial charge in [-0.3, -0.25) is 9.89 Å². The number of nitrogens with zero attached hydrogens (tertiary/aromatic N) is 3. The number of carbonyl (C=O) groups is 1. The highest BCUT2D eigenvalue weighted by atomic mass is 19.4. The number of aromatic amines is 1. The zero-order valence-corrected chi connectivity index (χ0v) is 13.3. The van der Waals surface area contributed by atoms with Crippen molar-refractivity contribution < 1.29 is 18.0 Å². The Balaban J connectivity index is 1.89. The van der Waals surface area contributed by atoms with Crippen LogP contribution in [0.15, 0.2) is 30.5 Å². The third-order valence-corrected chi connectivity index (χ3v) is 3.65. The van der Waals surface area contributed by atoms with Crippen LogP contribution < -0.4 is 5.32 Å². The topological polar surface area (TPSA) is 83.6 Å². The molecule has 130 valence electrons. The van der Waals surface area contributed by atoms with Crippen molar-refractivity contribution in [3.05, 3.63) is 53.2 Å². The van der Waals surface area contributed by atoms with Gasteiger partial charge in [-0.05, 0) is 38.1 Å². The number of aromatic nitrogens is 4. The molecular weight excluding hydrogens is 335 g/mol. The van der Waals surface area contributed by atoms with Gasteiger partial charge < -0.3 is 5.32 Å². The lowest BCUT2D eigenvalue weighted by Gasteiger charge is -2.12. The van der Waals surface area contributed by atoms with Crippen molar-refractivity contribution in [3.63, 3.8) is 0 Å². The lowest BCUT2D eigenvalue weighted by molar-refractivity contribution is -0.137. The predicted octanol–water partition coefficient (Wildman–Crippen LogP) is 3.17. The number of nitrogens with one attached hydrogen (secondary N) is 2. The van der Waals surface area contributed by atoms with Crippen molar-refractivity contribution in [2.45, 2.75) is 26.1 Å². The normalized spacial score (nSPS) is 13.0. The van der Waals surface area contributed by atoms with Gasteiger partial charge in [0.1, 0.15) is 5.82 Å². The molecule has 0 aliphatic rings. The molecule has 0 aliphatic carbocycles. The lowest BCUT2D eigenvalue weighted by atomic mass is 10.1. The molecule has 9 heteroatoms. The fourth-order valence-corrected chi connectivity index (χ4v) is 2.37. The van der Waals surface area contributed by atoms with Crippen molar-refractivity contribution in [1.82, 2.24) is 25.5 Å². The van der Waals surface area contributed by atoms with Crippen LogP contribution in [0.2, 0.25) is 0 Å². The number of rotatable bonds is 3. The van der Waals surface area contributed by atoms with Crippen LogP contribution in [0.5, 0.6) is 0 Å². The Morgan fingerprint density at radius 3 is 2.72 bits per heavy atom. The van der Waals surface area contributed by atoms with Gasteiger partial charge in [-0.2, -0.15) is 18.3 Å². The van der Waals surface area contributed by atoms with E-state index in [1.165, 1.54) is 6.07 Å². The number of hydrogen-bond acceptors (Lipinski definition) is 4. The number of alkyl halides is 3. The van der Waals surface area contributed by atoms with Gasteiger partial charge in [0.15, 0.2) is 5.69 Å². The Bertz CT molecular complexity index is 935. The van der Waals surface area contributed by atoms with Gasteiger partial charge in [0.25, 0.3) is 5.91 Å². The maximum atomic E-state index is 12.9. The molecule has 1 unspecified atom stereocenters. The van der Waals surface area contributed by atoms with Crippen LogP contribution in [0.1, 0.15) is 40.5 Å². The maximum Gasteiger partial charge on any atom is 0.416 e. The van der Waals surface area contributed by atoms with E-state index in [0.29, 0.717) is 11.3 Å². The summed E-state index contributed by atoms with van der Waals surface area (Å²) in [6.45, 7) is 3.47. The van der Waals surface area contributed by atoms with Crippen molar-refractivity contribution in [1.29, 1.82) is 0 Å². The zero-order chi connectivity index (χ0) is 18.2. The number of fused-ring (bicyclic) bond motifs is 1. The van der Waals surface area contributed by atoms with Crippen molar-refractivity contribution in [2.75, 3.05) is 0 Å². The molecule has 3 aromatic rings. The van der Waals surface area contributed by atoms with E-state index in [1.54, 1.807) is 26.1 Å². The second kappa shape index (κ2) is 6.15. The molecule has 3 rings (SSSR count). The summed E-state index contributed by atoms with van der Waals surface area (Å²) in [6, 6.07) is 4.28. The van der Waals surface area contributed by atoms with Gasteiger partial charge in [-0.15, -0.1) is 0 Å². The molecule has 0 aliphatic heterocycles. The average molecular weight is 349 g/mol. The first-order valence-electron chi connectivity index (χ1n) is 7.41. The first-order valence-corrected chi connectivity index (χ1v) is 7.41. The number of carbonyl (C=O) groups excluding carboxylic acids is 1. The Hall–Kier alpha value is -2.97.